The molecule has 1 aliphatic heterocycles. The number of hydrogen-bond donors (Lipinski definition) is 1. The van der Waals surface area contributed by atoms with Gasteiger partial charge in [0.2, 0.25) is 11.9 Å². The second-order valence-corrected chi connectivity index (χ2v) is 4.43. The van der Waals surface area contributed by atoms with Gasteiger partial charge >= 0.3 is 0 Å². The fourth-order valence-electron chi connectivity index (χ4n) is 1.89. The molecule has 84 valence electrons. The molecule has 0 unspecified atom stereocenters. The number of anilines is 1. The summed E-state index contributed by atoms with van der Waals surface area (Å²) in [5.74, 6) is 1.30. The van der Waals surface area contributed by atoms with Gasteiger partial charge in [0.05, 0.1) is 6.04 Å². The maximum atomic E-state index is 11.7. The van der Waals surface area contributed by atoms with Crippen LogP contribution in [0.2, 0.25) is 0 Å². The third-order valence-corrected chi connectivity index (χ3v) is 3.02. The smallest absolute Gasteiger partial charge is 0.225 e. The van der Waals surface area contributed by atoms with Crippen LogP contribution in [0.5, 0.6) is 0 Å². The van der Waals surface area contributed by atoms with Crippen molar-refractivity contribution in [2.24, 2.45) is 5.92 Å². The summed E-state index contributed by atoms with van der Waals surface area (Å²) < 4.78 is 0. The number of hydrogen-bond acceptors (Lipinski definition) is 4. The van der Waals surface area contributed by atoms with E-state index in [-0.39, 0.29) is 0 Å². The predicted octanol–water partition coefficient (Wildman–Crippen LogP) is 0.509. The van der Waals surface area contributed by atoms with E-state index in [0.717, 1.165) is 25.9 Å². The SMILES string of the molecule is O=C(C1CC1)N1CC(Nc2ncccn2)C1. The lowest BCUT2D eigenvalue weighted by Gasteiger charge is -2.39. The van der Waals surface area contributed by atoms with Gasteiger partial charge in [0.1, 0.15) is 0 Å². The van der Waals surface area contributed by atoms with Crippen molar-refractivity contribution >= 4 is 11.9 Å². The van der Waals surface area contributed by atoms with Crippen LogP contribution in [0.1, 0.15) is 12.8 Å². The molecule has 5 heteroatoms. The summed E-state index contributed by atoms with van der Waals surface area (Å²) >= 11 is 0. The van der Waals surface area contributed by atoms with Crippen LogP contribution in [0.15, 0.2) is 18.5 Å². The summed E-state index contributed by atoms with van der Waals surface area (Å²) in [5.41, 5.74) is 0. The summed E-state index contributed by atoms with van der Waals surface area (Å²) in [5, 5.41) is 3.21. The van der Waals surface area contributed by atoms with E-state index in [1.807, 2.05) is 4.90 Å². The first-order valence-electron chi connectivity index (χ1n) is 5.65. The highest BCUT2D eigenvalue weighted by molar-refractivity contribution is 5.82. The average Bonchev–Trinajstić information content (AvgIpc) is 3.07. The van der Waals surface area contributed by atoms with E-state index < -0.39 is 0 Å². The molecule has 1 amide bonds. The Morgan fingerprint density at radius 1 is 1.31 bits per heavy atom. The molecule has 1 saturated carbocycles. The normalized spacial score (nSPS) is 20.4. The van der Waals surface area contributed by atoms with Crippen molar-refractivity contribution in [3.63, 3.8) is 0 Å². The minimum Gasteiger partial charge on any atom is -0.348 e. The van der Waals surface area contributed by atoms with E-state index in [0.29, 0.717) is 23.8 Å². The minimum absolute atomic E-state index is 0.310. The molecule has 0 bridgehead atoms. The number of nitrogens with one attached hydrogen (secondary N) is 1. The van der Waals surface area contributed by atoms with Crippen LogP contribution in [0.25, 0.3) is 0 Å². The van der Waals surface area contributed by atoms with Gasteiger partial charge in [-0.1, -0.05) is 0 Å². The van der Waals surface area contributed by atoms with Gasteiger partial charge in [-0.05, 0) is 18.9 Å². The third-order valence-electron chi connectivity index (χ3n) is 3.02. The van der Waals surface area contributed by atoms with Gasteiger partial charge in [0, 0.05) is 31.4 Å². The molecule has 2 heterocycles. The number of nitrogens with zero attached hydrogens (tertiary/aromatic N) is 3. The molecule has 1 aliphatic carbocycles. The van der Waals surface area contributed by atoms with E-state index in [1.165, 1.54) is 0 Å². The summed E-state index contributed by atoms with van der Waals surface area (Å²) in [4.78, 5) is 21.8. The lowest BCUT2D eigenvalue weighted by molar-refractivity contribution is -0.136. The van der Waals surface area contributed by atoms with Crippen LogP contribution in [-0.2, 0) is 4.79 Å². The number of carbonyl (C=O) groups excluding carboxylic acids is 1. The fourth-order valence-corrected chi connectivity index (χ4v) is 1.89. The highest BCUT2D eigenvalue weighted by atomic mass is 16.2. The Hall–Kier alpha value is -1.65. The highest BCUT2D eigenvalue weighted by Gasteiger charge is 2.39. The summed E-state index contributed by atoms with van der Waals surface area (Å²) in [7, 11) is 0. The molecule has 1 N–H and O–H groups in total. The molecule has 5 nitrogen and oxygen atoms in total. The summed E-state index contributed by atoms with van der Waals surface area (Å²) in [6, 6.07) is 2.10. The zero-order valence-corrected chi connectivity index (χ0v) is 8.97. The molecule has 1 saturated heterocycles. The van der Waals surface area contributed by atoms with Gasteiger partial charge in [0.15, 0.2) is 0 Å². The van der Waals surface area contributed by atoms with Crippen molar-refractivity contribution in [2.45, 2.75) is 18.9 Å². The predicted molar refractivity (Wildman–Crippen MR) is 58.7 cm³/mol. The lowest BCUT2D eigenvalue weighted by Crippen LogP contribution is -2.57. The molecule has 2 fully saturated rings. The van der Waals surface area contributed by atoms with Crippen LogP contribution in [0.4, 0.5) is 5.95 Å². The van der Waals surface area contributed by atoms with E-state index in [1.54, 1.807) is 18.5 Å². The fraction of sp³-hybridized carbons (Fsp3) is 0.545. The van der Waals surface area contributed by atoms with Crippen molar-refractivity contribution in [1.29, 1.82) is 0 Å². The van der Waals surface area contributed by atoms with E-state index >= 15 is 0 Å². The van der Waals surface area contributed by atoms with Gasteiger partial charge in [-0.3, -0.25) is 4.79 Å². The Morgan fingerprint density at radius 2 is 2.00 bits per heavy atom. The van der Waals surface area contributed by atoms with Gasteiger partial charge in [-0.2, -0.15) is 0 Å². The number of amides is 1. The van der Waals surface area contributed by atoms with Crippen molar-refractivity contribution in [1.82, 2.24) is 14.9 Å². The minimum atomic E-state index is 0.310. The highest BCUT2D eigenvalue weighted by Crippen LogP contribution is 2.32. The van der Waals surface area contributed by atoms with Crippen molar-refractivity contribution < 1.29 is 4.79 Å². The molecule has 1 aromatic rings. The first-order chi connectivity index (χ1) is 7.83. The first-order valence-corrected chi connectivity index (χ1v) is 5.65. The lowest BCUT2D eigenvalue weighted by atomic mass is 10.1. The molecule has 2 aliphatic rings. The Labute approximate surface area is 93.9 Å². The molecular formula is C11H14N4O. The topological polar surface area (TPSA) is 58.1 Å². The number of rotatable bonds is 3. The van der Waals surface area contributed by atoms with Gasteiger partial charge < -0.3 is 10.2 Å². The molecule has 3 rings (SSSR count). The van der Waals surface area contributed by atoms with E-state index in [2.05, 4.69) is 15.3 Å². The van der Waals surface area contributed by atoms with Crippen LogP contribution >= 0.6 is 0 Å². The third kappa shape index (κ3) is 1.85. The first kappa shape index (κ1) is 9.57. The van der Waals surface area contributed by atoms with Crippen LogP contribution < -0.4 is 5.32 Å². The largest absolute Gasteiger partial charge is 0.348 e. The molecule has 16 heavy (non-hydrogen) atoms. The number of aromatic nitrogens is 2. The van der Waals surface area contributed by atoms with Crippen molar-refractivity contribution in [3.05, 3.63) is 18.5 Å². The molecular weight excluding hydrogens is 204 g/mol. The molecule has 0 spiro atoms. The van der Waals surface area contributed by atoms with E-state index in [4.69, 9.17) is 0 Å². The zero-order chi connectivity index (χ0) is 11.0. The van der Waals surface area contributed by atoms with Crippen LogP contribution in [0, 0.1) is 5.92 Å². The Bertz CT molecular complexity index is 384. The number of likely N-dealkylation sites (tertiary alicyclic amines) is 1. The number of carbonyl (C=O) groups is 1. The summed E-state index contributed by atoms with van der Waals surface area (Å²) in [6.45, 7) is 1.57. The molecule has 0 radical (unpaired) electrons. The quantitative estimate of drug-likeness (QED) is 0.803. The maximum absolute atomic E-state index is 11.7. The second-order valence-electron chi connectivity index (χ2n) is 4.43. The van der Waals surface area contributed by atoms with Crippen LogP contribution in [-0.4, -0.2) is 39.9 Å². The van der Waals surface area contributed by atoms with Crippen molar-refractivity contribution in [2.75, 3.05) is 18.4 Å². The molecule has 0 aromatic carbocycles. The standard InChI is InChI=1S/C11H14N4O/c16-10(8-2-3-8)15-6-9(7-15)14-11-12-4-1-5-13-11/h1,4-5,8-9H,2-3,6-7H2,(H,12,13,14). The Kier molecular flexibility index (Phi) is 2.23. The monoisotopic (exact) mass is 218 g/mol. The molecule has 0 atom stereocenters. The van der Waals surface area contributed by atoms with E-state index in [9.17, 15) is 4.79 Å². The summed E-state index contributed by atoms with van der Waals surface area (Å²) in [6.07, 6.45) is 5.58. The van der Waals surface area contributed by atoms with Gasteiger partial charge in [-0.25, -0.2) is 9.97 Å². The maximum Gasteiger partial charge on any atom is 0.225 e. The van der Waals surface area contributed by atoms with Gasteiger partial charge in [-0.15, -0.1) is 0 Å². The average molecular weight is 218 g/mol. The Balaban J connectivity index is 1.48. The van der Waals surface area contributed by atoms with Gasteiger partial charge in [0.25, 0.3) is 0 Å². The molecule has 1 aromatic heterocycles. The second kappa shape index (κ2) is 3.73. The van der Waals surface area contributed by atoms with Crippen LogP contribution in [0.3, 0.4) is 0 Å². The zero-order valence-electron chi connectivity index (χ0n) is 8.97. The Morgan fingerprint density at radius 3 is 2.62 bits per heavy atom. The van der Waals surface area contributed by atoms with Crippen molar-refractivity contribution in [3.8, 4) is 0 Å².